The number of rotatable bonds is 6. The first-order valence-corrected chi connectivity index (χ1v) is 8.02. The summed E-state index contributed by atoms with van der Waals surface area (Å²) < 4.78 is 5.61. The van der Waals surface area contributed by atoms with Gasteiger partial charge >= 0.3 is 0 Å². The second kappa shape index (κ2) is 7.17. The summed E-state index contributed by atoms with van der Waals surface area (Å²) in [5.74, 6) is 0.0339. The van der Waals surface area contributed by atoms with Crippen LogP contribution in [-0.2, 0) is 4.79 Å². The highest BCUT2D eigenvalue weighted by Gasteiger charge is 2.34. The maximum atomic E-state index is 12.2. The monoisotopic (exact) mass is 338 g/mol. The molecule has 128 valence electrons. The Kier molecular flexibility index (Phi) is 4.79. The van der Waals surface area contributed by atoms with Crippen molar-refractivity contribution in [1.29, 1.82) is 0 Å². The molecular weight excluding hydrogens is 320 g/mol. The van der Waals surface area contributed by atoms with Crippen molar-refractivity contribution in [3.05, 3.63) is 59.7 Å². The van der Waals surface area contributed by atoms with Gasteiger partial charge in [0.25, 0.3) is 11.8 Å². The number of anilines is 1. The fourth-order valence-electron chi connectivity index (χ4n) is 2.69. The highest BCUT2D eigenvalue weighted by molar-refractivity contribution is 6.21. The Morgan fingerprint density at radius 3 is 2.16 bits per heavy atom. The molecule has 0 bridgehead atoms. The van der Waals surface area contributed by atoms with Gasteiger partial charge in [-0.2, -0.15) is 0 Å². The molecule has 3 amide bonds. The number of hydrogen-bond acceptors (Lipinski definition) is 4. The number of ether oxygens (including phenoxy) is 1. The Hall–Kier alpha value is -3.15. The van der Waals surface area contributed by atoms with Crippen LogP contribution in [0.4, 0.5) is 5.69 Å². The summed E-state index contributed by atoms with van der Waals surface area (Å²) in [7, 11) is 0. The molecule has 0 saturated heterocycles. The molecule has 0 radical (unpaired) electrons. The van der Waals surface area contributed by atoms with Crippen LogP contribution in [-0.4, -0.2) is 35.8 Å². The molecule has 0 unspecified atom stereocenters. The highest BCUT2D eigenvalue weighted by Crippen LogP contribution is 2.22. The van der Waals surface area contributed by atoms with Gasteiger partial charge in [0, 0.05) is 19.2 Å². The summed E-state index contributed by atoms with van der Waals surface area (Å²) in [6, 6.07) is 13.9. The molecule has 1 aliphatic rings. The van der Waals surface area contributed by atoms with E-state index in [-0.39, 0.29) is 17.7 Å². The Labute approximate surface area is 145 Å². The third kappa shape index (κ3) is 3.68. The summed E-state index contributed by atoms with van der Waals surface area (Å²) in [6.07, 6.45) is 0.541. The summed E-state index contributed by atoms with van der Waals surface area (Å²) >= 11 is 0. The zero-order valence-electron chi connectivity index (χ0n) is 13.8. The van der Waals surface area contributed by atoms with Crippen molar-refractivity contribution in [3.8, 4) is 5.75 Å². The van der Waals surface area contributed by atoms with Gasteiger partial charge in [-0.25, -0.2) is 0 Å². The van der Waals surface area contributed by atoms with E-state index >= 15 is 0 Å². The van der Waals surface area contributed by atoms with Crippen LogP contribution in [0.25, 0.3) is 0 Å². The summed E-state index contributed by atoms with van der Waals surface area (Å²) in [5.41, 5.74) is 1.62. The fraction of sp³-hybridized carbons (Fsp3) is 0.211. The number of amides is 3. The third-order valence-corrected chi connectivity index (χ3v) is 3.85. The molecule has 0 aromatic heterocycles. The summed E-state index contributed by atoms with van der Waals surface area (Å²) in [4.78, 5) is 36.7. The molecule has 6 heteroatoms. The number of imide groups is 1. The van der Waals surface area contributed by atoms with Gasteiger partial charge in [0.15, 0.2) is 0 Å². The van der Waals surface area contributed by atoms with Gasteiger partial charge in [-0.05, 0) is 42.8 Å². The first-order valence-electron chi connectivity index (χ1n) is 8.02. The average Bonchev–Trinajstić information content (AvgIpc) is 2.84. The minimum Gasteiger partial charge on any atom is -0.494 e. The zero-order chi connectivity index (χ0) is 17.8. The average molecular weight is 338 g/mol. The summed E-state index contributed by atoms with van der Waals surface area (Å²) in [5, 5.41) is 2.68. The molecule has 1 heterocycles. The van der Waals surface area contributed by atoms with Crippen LogP contribution in [0.5, 0.6) is 5.75 Å². The molecule has 0 spiro atoms. The lowest BCUT2D eigenvalue weighted by atomic mass is 10.1. The lowest BCUT2D eigenvalue weighted by Gasteiger charge is -2.14. The first-order chi connectivity index (χ1) is 12.1. The maximum absolute atomic E-state index is 12.2. The van der Waals surface area contributed by atoms with E-state index in [1.54, 1.807) is 48.5 Å². The van der Waals surface area contributed by atoms with Gasteiger partial charge in [0.1, 0.15) is 5.75 Å². The smallest absolute Gasteiger partial charge is 0.261 e. The van der Waals surface area contributed by atoms with Gasteiger partial charge in [-0.15, -0.1) is 0 Å². The van der Waals surface area contributed by atoms with E-state index in [1.807, 2.05) is 0 Å². The Balaban J connectivity index is 1.49. The number of carbonyl (C=O) groups excluding carboxylic acids is 3. The molecule has 0 saturated carbocycles. The molecule has 3 rings (SSSR count). The van der Waals surface area contributed by atoms with Crippen molar-refractivity contribution in [2.75, 3.05) is 18.5 Å². The Morgan fingerprint density at radius 2 is 1.60 bits per heavy atom. The third-order valence-electron chi connectivity index (χ3n) is 3.85. The van der Waals surface area contributed by atoms with Gasteiger partial charge < -0.3 is 10.1 Å². The fourth-order valence-corrected chi connectivity index (χ4v) is 2.69. The van der Waals surface area contributed by atoms with E-state index in [2.05, 4.69) is 5.32 Å². The number of nitrogens with zero attached hydrogens (tertiary/aromatic N) is 1. The SMILES string of the molecule is CC(=O)Nc1ccc(OCCCN2C(=O)c3ccccc3C2=O)cc1. The van der Waals surface area contributed by atoms with E-state index in [4.69, 9.17) is 4.74 Å². The molecule has 2 aromatic carbocycles. The van der Waals surface area contributed by atoms with E-state index in [0.29, 0.717) is 42.1 Å². The second-order valence-electron chi connectivity index (χ2n) is 5.72. The van der Waals surface area contributed by atoms with Crippen molar-refractivity contribution in [2.24, 2.45) is 0 Å². The predicted octanol–water partition coefficient (Wildman–Crippen LogP) is 2.71. The molecule has 0 fully saturated rings. The molecular formula is C19H18N2O4. The van der Waals surface area contributed by atoms with Crippen molar-refractivity contribution >= 4 is 23.4 Å². The Bertz CT molecular complexity index is 779. The number of benzene rings is 2. The molecule has 2 aromatic rings. The normalized spacial score (nSPS) is 12.9. The topological polar surface area (TPSA) is 75.7 Å². The lowest BCUT2D eigenvalue weighted by molar-refractivity contribution is -0.114. The predicted molar refractivity (Wildman–Crippen MR) is 92.7 cm³/mol. The Morgan fingerprint density at radius 1 is 1.00 bits per heavy atom. The van der Waals surface area contributed by atoms with E-state index in [9.17, 15) is 14.4 Å². The van der Waals surface area contributed by atoms with E-state index in [1.165, 1.54) is 11.8 Å². The molecule has 1 aliphatic heterocycles. The summed E-state index contributed by atoms with van der Waals surface area (Å²) in [6.45, 7) is 2.15. The van der Waals surface area contributed by atoms with Crippen LogP contribution in [0.15, 0.2) is 48.5 Å². The standard InChI is InChI=1S/C19H18N2O4/c1-13(22)20-14-7-9-15(10-8-14)25-12-4-11-21-18(23)16-5-2-3-6-17(16)19(21)24/h2-3,5-10H,4,11-12H2,1H3,(H,20,22). The first kappa shape index (κ1) is 16.7. The van der Waals surface area contributed by atoms with Gasteiger partial charge in [0.05, 0.1) is 17.7 Å². The minimum atomic E-state index is -0.250. The van der Waals surface area contributed by atoms with Crippen molar-refractivity contribution in [1.82, 2.24) is 4.90 Å². The molecule has 6 nitrogen and oxygen atoms in total. The van der Waals surface area contributed by atoms with Crippen LogP contribution >= 0.6 is 0 Å². The van der Waals surface area contributed by atoms with Crippen molar-refractivity contribution in [3.63, 3.8) is 0 Å². The van der Waals surface area contributed by atoms with Crippen LogP contribution in [0.3, 0.4) is 0 Å². The minimum absolute atomic E-state index is 0.130. The molecule has 0 atom stereocenters. The molecule has 0 aliphatic carbocycles. The molecule has 25 heavy (non-hydrogen) atoms. The van der Waals surface area contributed by atoms with Gasteiger partial charge in [-0.1, -0.05) is 12.1 Å². The van der Waals surface area contributed by atoms with Crippen LogP contribution in [0.1, 0.15) is 34.1 Å². The quantitative estimate of drug-likeness (QED) is 0.649. The maximum Gasteiger partial charge on any atom is 0.261 e. The second-order valence-corrected chi connectivity index (χ2v) is 5.72. The largest absolute Gasteiger partial charge is 0.494 e. The van der Waals surface area contributed by atoms with Crippen molar-refractivity contribution < 1.29 is 19.1 Å². The number of nitrogens with one attached hydrogen (secondary N) is 1. The van der Waals surface area contributed by atoms with Crippen LogP contribution in [0, 0.1) is 0 Å². The van der Waals surface area contributed by atoms with E-state index < -0.39 is 0 Å². The highest BCUT2D eigenvalue weighted by atomic mass is 16.5. The van der Waals surface area contributed by atoms with Gasteiger partial charge in [0.2, 0.25) is 5.91 Å². The van der Waals surface area contributed by atoms with Gasteiger partial charge in [-0.3, -0.25) is 19.3 Å². The molecule has 1 N–H and O–H groups in total. The number of hydrogen-bond donors (Lipinski definition) is 1. The van der Waals surface area contributed by atoms with Crippen LogP contribution < -0.4 is 10.1 Å². The number of carbonyl (C=O) groups is 3. The van der Waals surface area contributed by atoms with E-state index in [0.717, 1.165) is 0 Å². The van der Waals surface area contributed by atoms with Crippen LogP contribution in [0.2, 0.25) is 0 Å². The lowest BCUT2D eigenvalue weighted by Crippen LogP contribution is -2.31. The zero-order valence-corrected chi connectivity index (χ0v) is 13.8. The number of fused-ring (bicyclic) bond motifs is 1. The van der Waals surface area contributed by atoms with Crippen molar-refractivity contribution in [2.45, 2.75) is 13.3 Å².